The summed E-state index contributed by atoms with van der Waals surface area (Å²) in [5.74, 6) is 1.37. The molecule has 1 N–H and O–H groups in total. The van der Waals surface area contributed by atoms with Crippen LogP contribution in [-0.2, 0) is 14.8 Å². The van der Waals surface area contributed by atoms with Crippen molar-refractivity contribution in [1.82, 2.24) is 29.7 Å². The molecule has 0 spiro atoms. The van der Waals surface area contributed by atoms with Gasteiger partial charge >= 0.3 is 0 Å². The van der Waals surface area contributed by atoms with Crippen molar-refractivity contribution in [3.63, 3.8) is 0 Å². The minimum Gasteiger partial charge on any atom is -0.494 e. The Balaban J connectivity index is 1.85. The number of pyridine rings is 1. The van der Waals surface area contributed by atoms with Crippen molar-refractivity contribution in [3.05, 3.63) is 66.0 Å². The van der Waals surface area contributed by atoms with E-state index in [2.05, 4.69) is 29.9 Å². The Labute approximate surface area is 233 Å². The summed E-state index contributed by atoms with van der Waals surface area (Å²) in [4.78, 5) is 12.9. The van der Waals surface area contributed by atoms with Crippen molar-refractivity contribution < 1.29 is 22.6 Å². The molecule has 12 nitrogen and oxygen atoms in total. The third-order valence-corrected chi connectivity index (χ3v) is 7.74. The first kappa shape index (κ1) is 28.9. The van der Waals surface area contributed by atoms with E-state index in [1.807, 2.05) is 33.8 Å². The van der Waals surface area contributed by atoms with Gasteiger partial charge in [-0.25, -0.2) is 18.4 Å². The van der Waals surface area contributed by atoms with Crippen LogP contribution in [0.5, 0.6) is 11.5 Å². The molecule has 0 amide bonds. The van der Waals surface area contributed by atoms with E-state index in [9.17, 15) is 8.42 Å². The second kappa shape index (κ2) is 12.0. The lowest BCUT2D eigenvalue weighted by Crippen LogP contribution is -2.35. The number of ether oxygens (including phenoxy) is 3. The first-order valence-corrected chi connectivity index (χ1v) is 14.1. The molecule has 2 atom stereocenters. The molecule has 212 valence electrons. The van der Waals surface area contributed by atoms with E-state index < -0.39 is 21.4 Å². The number of nitrogens with zero attached hydrogens (tertiary/aromatic N) is 6. The summed E-state index contributed by atoms with van der Waals surface area (Å²) < 4.78 is 49.1. The van der Waals surface area contributed by atoms with Crippen LogP contribution in [0.3, 0.4) is 0 Å². The highest BCUT2D eigenvalue weighted by Gasteiger charge is 2.36. The topological polar surface area (TPSA) is 143 Å². The van der Waals surface area contributed by atoms with E-state index >= 15 is 0 Å². The number of aryl methyl sites for hydroxylation is 2. The van der Waals surface area contributed by atoms with Gasteiger partial charge in [0.05, 0.1) is 20.3 Å². The fourth-order valence-electron chi connectivity index (χ4n) is 4.09. The second-order valence-corrected chi connectivity index (χ2v) is 11.6. The highest BCUT2D eigenvalue weighted by atomic mass is 32.2. The molecule has 0 bridgehead atoms. The highest BCUT2D eigenvalue weighted by molar-refractivity contribution is 7.93. The molecule has 1 aromatic carbocycles. The molecule has 0 unspecified atom stereocenters. The van der Waals surface area contributed by atoms with Gasteiger partial charge in [0.2, 0.25) is 16.0 Å². The summed E-state index contributed by atoms with van der Waals surface area (Å²) in [5.41, 5.74) is 2.77. The van der Waals surface area contributed by atoms with Crippen LogP contribution in [0.25, 0.3) is 17.1 Å². The van der Waals surface area contributed by atoms with E-state index in [0.717, 1.165) is 11.1 Å². The molecule has 3 aromatic heterocycles. The third-order valence-electron chi connectivity index (χ3n) is 6.05. The molecule has 0 fully saturated rings. The summed E-state index contributed by atoms with van der Waals surface area (Å²) in [7, 11) is -1.12. The SMILES string of the molecule is COc1cccc(OC)c1-n1c(NS(=O)(=O)[C@@H](C)[C@@H](OC(C)C)c2ncc(C)cn2)nnc1-c1cncc(C)c1. The molecule has 0 aliphatic heterocycles. The summed E-state index contributed by atoms with van der Waals surface area (Å²) in [5, 5.41) is 7.47. The maximum atomic E-state index is 13.9. The van der Waals surface area contributed by atoms with Gasteiger partial charge in [0.25, 0.3) is 0 Å². The van der Waals surface area contributed by atoms with Crippen LogP contribution in [-0.4, -0.2) is 63.7 Å². The molecule has 4 aromatic rings. The molecule has 0 aliphatic rings. The van der Waals surface area contributed by atoms with Gasteiger partial charge in [-0.1, -0.05) is 6.07 Å². The Morgan fingerprint density at radius 1 is 0.900 bits per heavy atom. The number of rotatable bonds is 11. The van der Waals surface area contributed by atoms with Gasteiger partial charge in [0.1, 0.15) is 28.5 Å². The zero-order chi connectivity index (χ0) is 29.0. The fraction of sp³-hybridized carbons (Fsp3) is 0.370. The van der Waals surface area contributed by atoms with Crippen LogP contribution in [0.15, 0.2) is 49.1 Å². The Morgan fingerprint density at radius 2 is 1.55 bits per heavy atom. The number of hydrogen-bond donors (Lipinski definition) is 1. The van der Waals surface area contributed by atoms with E-state index in [1.165, 1.54) is 21.1 Å². The average Bonchev–Trinajstić information content (AvgIpc) is 3.33. The highest BCUT2D eigenvalue weighted by Crippen LogP contribution is 2.38. The first-order chi connectivity index (χ1) is 19.1. The molecular formula is C27H33N7O5S. The molecule has 4 rings (SSSR count). The Hall–Kier alpha value is -4.10. The normalized spacial score (nSPS) is 13.2. The Kier molecular flexibility index (Phi) is 8.64. The number of nitrogens with one attached hydrogen (secondary N) is 1. The Bertz CT molecular complexity index is 1550. The van der Waals surface area contributed by atoms with Crippen LogP contribution >= 0.6 is 0 Å². The average molecular weight is 568 g/mol. The molecule has 40 heavy (non-hydrogen) atoms. The van der Waals surface area contributed by atoms with Crippen molar-refractivity contribution in [2.75, 3.05) is 18.9 Å². The van der Waals surface area contributed by atoms with Gasteiger partial charge in [-0.2, -0.15) is 0 Å². The van der Waals surface area contributed by atoms with Crippen LogP contribution in [0.4, 0.5) is 5.95 Å². The van der Waals surface area contributed by atoms with Gasteiger partial charge in [0, 0.05) is 30.4 Å². The first-order valence-electron chi connectivity index (χ1n) is 12.6. The molecule has 0 saturated carbocycles. The monoisotopic (exact) mass is 567 g/mol. The van der Waals surface area contributed by atoms with Crippen molar-refractivity contribution in [2.45, 2.75) is 52.1 Å². The number of methoxy groups -OCH3 is 2. The minimum absolute atomic E-state index is 0.0701. The summed E-state index contributed by atoms with van der Waals surface area (Å²) in [6, 6.07) is 7.11. The smallest absolute Gasteiger partial charge is 0.243 e. The van der Waals surface area contributed by atoms with Gasteiger partial charge in [-0.3, -0.25) is 14.3 Å². The predicted molar refractivity (Wildman–Crippen MR) is 150 cm³/mol. The molecule has 0 saturated heterocycles. The standard InChI is InChI=1S/C27H33N7O5S/c1-16(2)39-24(25-29-13-18(4)14-30-25)19(5)40(35,36)33-27-32-31-26(20-11-17(3)12-28-15-20)34(27)23-21(37-6)9-8-10-22(23)38-7/h8-16,19,24H,1-7H3,(H,32,33)/t19-,24+/m0/s1. The number of aromatic nitrogens is 6. The predicted octanol–water partition coefficient (Wildman–Crippen LogP) is 4.05. The lowest BCUT2D eigenvalue weighted by molar-refractivity contribution is 0.00152. The number of hydrogen-bond acceptors (Lipinski definition) is 10. The fourth-order valence-corrected chi connectivity index (χ4v) is 5.17. The van der Waals surface area contributed by atoms with Crippen molar-refractivity contribution >= 4 is 16.0 Å². The maximum Gasteiger partial charge on any atom is 0.243 e. The Morgan fingerprint density at radius 3 is 2.12 bits per heavy atom. The van der Waals surface area contributed by atoms with Crippen LogP contribution in [0.2, 0.25) is 0 Å². The number of sulfonamides is 1. The van der Waals surface area contributed by atoms with Gasteiger partial charge in [0.15, 0.2) is 11.6 Å². The molecule has 13 heteroatoms. The number of para-hydroxylation sites is 1. The summed E-state index contributed by atoms with van der Waals surface area (Å²) in [6.45, 7) is 8.92. The summed E-state index contributed by atoms with van der Waals surface area (Å²) >= 11 is 0. The second-order valence-electron chi connectivity index (χ2n) is 9.52. The number of benzene rings is 1. The third kappa shape index (κ3) is 6.05. The van der Waals surface area contributed by atoms with Crippen LogP contribution in [0.1, 0.15) is 43.8 Å². The number of anilines is 1. The van der Waals surface area contributed by atoms with Crippen LogP contribution in [0, 0.1) is 13.8 Å². The van der Waals surface area contributed by atoms with Gasteiger partial charge in [-0.15, -0.1) is 10.2 Å². The molecule has 3 heterocycles. The van der Waals surface area contributed by atoms with E-state index in [4.69, 9.17) is 14.2 Å². The van der Waals surface area contributed by atoms with Gasteiger partial charge < -0.3 is 14.2 Å². The zero-order valence-electron chi connectivity index (χ0n) is 23.5. The van der Waals surface area contributed by atoms with Crippen LogP contribution < -0.4 is 14.2 Å². The largest absolute Gasteiger partial charge is 0.494 e. The lowest BCUT2D eigenvalue weighted by Gasteiger charge is -2.25. The molecule has 0 aliphatic carbocycles. The minimum atomic E-state index is -4.14. The van der Waals surface area contributed by atoms with E-state index in [0.29, 0.717) is 28.6 Å². The maximum absolute atomic E-state index is 13.9. The van der Waals surface area contributed by atoms with Crippen molar-refractivity contribution in [1.29, 1.82) is 0 Å². The molecular weight excluding hydrogens is 534 g/mol. The van der Waals surface area contributed by atoms with E-state index in [-0.39, 0.29) is 17.9 Å². The van der Waals surface area contributed by atoms with Crippen molar-refractivity contribution in [3.8, 4) is 28.6 Å². The van der Waals surface area contributed by atoms with E-state index in [1.54, 1.807) is 47.6 Å². The zero-order valence-corrected chi connectivity index (χ0v) is 24.3. The quantitative estimate of drug-likeness (QED) is 0.282. The van der Waals surface area contributed by atoms with Gasteiger partial charge in [-0.05, 0) is 63.9 Å². The lowest BCUT2D eigenvalue weighted by atomic mass is 10.2. The summed E-state index contributed by atoms with van der Waals surface area (Å²) in [6.07, 6.45) is 5.35. The molecule has 0 radical (unpaired) electrons. The van der Waals surface area contributed by atoms with Crippen molar-refractivity contribution in [2.24, 2.45) is 0 Å².